The number of fused-ring (bicyclic) bond motifs is 2. The van der Waals surface area contributed by atoms with Crippen LogP contribution >= 0.6 is 0 Å². The van der Waals surface area contributed by atoms with Gasteiger partial charge in [0.1, 0.15) is 5.58 Å². The number of ether oxygens (including phenoxy) is 2. The second kappa shape index (κ2) is 8.59. The summed E-state index contributed by atoms with van der Waals surface area (Å²) in [7, 11) is 0. The van der Waals surface area contributed by atoms with E-state index in [1.807, 2.05) is 29.2 Å². The third-order valence-corrected chi connectivity index (χ3v) is 5.83. The fourth-order valence-corrected chi connectivity index (χ4v) is 4.08. The normalized spacial score (nSPS) is 15.6. The van der Waals surface area contributed by atoms with E-state index in [1.165, 1.54) is 6.92 Å². The zero-order valence-electron chi connectivity index (χ0n) is 18.1. The molecule has 0 aliphatic carbocycles. The highest BCUT2D eigenvalue weighted by Crippen LogP contribution is 2.37. The molecule has 2 aliphatic rings. The second-order valence-corrected chi connectivity index (χ2v) is 8.07. The Balaban J connectivity index is 1.18. The van der Waals surface area contributed by atoms with Crippen molar-refractivity contribution in [1.82, 2.24) is 9.80 Å². The molecule has 0 spiro atoms. The number of rotatable bonds is 5. The van der Waals surface area contributed by atoms with Gasteiger partial charge in [0.25, 0.3) is 5.91 Å². The van der Waals surface area contributed by atoms with Gasteiger partial charge in [-0.3, -0.25) is 19.3 Å². The average Bonchev–Trinajstić information content (AvgIpc) is 3.44. The van der Waals surface area contributed by atoms with Crippen molar-refractivity contribution < 1.29 is 28.3 Å². The van der Waals surface area contributed by atoms with Gasteiger partial charge in [-0.25, -0.2) is 0 Å². The first kappa shape index (κ1) is 21.0. The number of nitrogens with zero attached hydrogens (tertiary/aromatic N) is 2. The maximum absolute atomic E-state index is 12.8. The minimum absolute atomic E-state index is 0.0844. The zero-order valence-corrected chi connectivity index (χ0v) is 18.1. The molecule has 9 heteroatoms. The Bertz CT molecular complexity index is 1210. The number of ketones is 1. The van der Waals surface area contributed by atoms with E-state index in [-0.39, 0.29) is 30.9 Å². The molecule has 5 rings (SSSR count). The molecule has 1 saturated heterocycles. The molecule has 33 heavy (non-hydrogen) atoms. The van der Waals surface area contributed by atoms with E-state index in [4.69, 9.17) is 13.9 Å². The van der Waals surface area contributed by atoms with E-state index >= 15 is 0 Å². The number of anilines is 1. The number of carbonyl (C=O) groups is 3. The summed E-state index contributed by atoms with van der Waals surface area (Å²) >= 11 is 0. The van der Waals surface area contributed by atoms with Gasteiger partial charge in [0, 0.05) is 43.2 Å². The van der Waals surface area contributed by atoms with Crippen LogP contribution in [0.4, 0.5) is 5.69 Å². The highest BCUT2D eigenvalue weighted by atomic mass is 16.7. The van der Waals surface area contributed by atoms with Gasteiger partial charge in [-0.15, -0.1) is 0 Å². The summed E-state index contributed by atoms with van der Waals surface area (Å²) in [6.07, 6.45) is 0. The van der Waals surface area contributed by atoms with Crippen LogP contribution in [0.15, 0.2) is 46.9 Å². The number of hydrogen-bond donors (Lipinski definition) is 1. The van der Waals surface area contributed by atoms with Gasteiger partial charge in [0.05, 0.1) is 12.2 Å². The minimum atomic E-state index is -0.242. The van der Waals surface area contributed by atoms with Gasteiger partial charge in [-0.1, -0.05) is 18.2 Å². The smallest absolute Gasteiger partial charge is 0.289 e. The molecule has 0 saturated carbocycles. The molecular formula is C24H23N3O6. The van der Waals surface area contributed by atoms with Crippen LogP contribution in [-0.2, 0) is 4.79 Å². The van der Waals surface area contributed by atoms with E-state index in [0.717, 1.165) is 5.39 Å². The van der Waals surface area contributed by atoms with E-state index < -0.39 is 0 Å². The molecule has 0 atom stereocenters. The summed E-state index contributed by atoms with van der Waals surface area (Å²) in [4.78, 5) is 41.2. The van der Waals surface area contributed by atoms with Crippen molar-refractivity contribution in [3.63, 3.8) is 0 Å². The summed E-state index contributed by atoms with van der Waals surface area (Å²) in [5.41, 5.74) is 1.45. The van der Waals surface area contributed by atoms with Crippen LogP contribution in [0.3, 0.4) is 0 Å². The Kier molecular flexibility index (Phi) is 5.47. The SMILES string of the molecule is CC(=O)c1cc2c(cc1NC(=O)CN1CCN(C(=O)c3cc4ccccc4o3)CC1)OCO2. The first-order chi connectivity index (χ1) is 16.0. The Morgan fingerprint density at radius 2 is 1.70 bits per heavy atom. The van der Waals surface area contributed by atoms with Gasteiger partial charge < -0.3 is 24.1 Å². The van der Waals surface area contributed by atoms with Crippen molar-refractivity contribution in [2.45, 2.75) is 6.92 Å². The minimum Gasteiger partial charge on any atom is -0.454 e. The first-order valence-electron chi connectivity index (χ1n) is 10.7. The number of benzene rings is 2. The van der Waals surface area contributed by atoms with Crippen molar-refractivity contribution in [3.05, 3.63) is 53.8 Å². The van der Waals surface area contributed by atoms with Crippen LogP contribution in [-0.4, -0.2) is 66.9 Å². The van der Waals surface area contributed by atoms with Gasteiger partial charge in [-0.05, 0) is 25.1 Å². The molecule has 1 N–H and O–H groups in total. The van der Waals surface area contributed by atoms with Gasteiger partial charge in [0.15, 0.2) is 23.0 Å². The number of amides is 2. The highest BCUT2D eigenvalue weighted by Gasteiger charge is 2.26. The number of nitrogens with one attached hydrogen (secondary N) is 1. The molecule has 170 valence electrons. The number of Topliss-reactive ketones (excluding diaryl/α,β-unsaturated/α-hetero) is 1. The second-order valence-electron chi connectivity index (χ2n) is 8.07. The summed E-state index contributed by atoms with van der Waals surface area (Å²) in [6.45, 7) is 3.77. The van der Waals surface area contributed by atoms with Crippen LogP contribution in [0.5, 0.6) is 11.5 Å². The molecule has 2 aliphatic heterocycles. The van der Waals surface area contributed by atoms with E-state index in [1.54, 1.807) is 23.1 Å². The predicted octanol–water partition coefficient (Wildman–Crippen LogP) is 2.76. The zero-order chi connectivity index (χ0) is 22.9. The Hall–Kier alpha value is -3.85. The third-order valence-electron chi connectivity index (χ3n) is 5.83. The van der Waals surface area contributed by atoms with Gasteiger partial charge in [-0.2, -0.15) is 0 Å². The van der Waals surface area contributed by atoms with Crippen molar-refractivity contribution in [1.29, 1.82) is 0 Å². The lowest BCUT2D eigenvalue weighted by Crippen LogP contribution is -2.50. The number of hydrogen-bond acceptors (Lipinski definition) is 7. The molecule has 2 amide bonds. The summed E-state index contributed by atoms with van der Waals surface area (Å²) in [5.74, 6) is 0.731. The number of para-hydroxylation sites is 1. The lowest BCUT2D eigenvalue weighted by Gasteiger charge is -2.33. The van der Waals surface area contributed by atoms with Crippen LogP contribution in [0.25, 0.3) is 11.0 Å². The van der Waals surface area contributed by atoms with E-state index in [0.29, 0.717) is 60.3 Å². The monoisotopic (exact) mass is 449 g/mol. The quantitative estimate of drug-likeness (QED) is 0.598. The van der Waals surface area contributed by atoms with Crippen LogP contribution in [0.2, 0.25) is 0 Å². The number of piperazine rings is 1. The summed E-state index contributed by atoms with van der Waals surface area (Å²) in [6, 6.07) is 12.5. The van der Waals surface area contributed by atoms with Crippen LogP contribution in [0, 0.1) is 0 Å². The Labute approximate surface area is 189 Å². The van der Waals surface area contributed by atoms with Gasteiger partial charge >= 0.3 is 0 Å². The topological polar surface area (TPSA) is 101 Å². The molecule has 0 unspecified atom stereocenters. The van der Waals surface area contributed by atoms with Crippen molar-refractivity contribution >= 4 is 34.3 Å². The van der Waals surface area contributed by atoms with Gasteiger partial charge in [0.2, 0.25) is 12.7 Å². The van der Waals surface area contributed by atoms with E-state index in [9.17, 15) is 14.4 Å². The third kappa shape index (κ3) is 4.27. The maximum Gasteiger partial charge on any atom is 0.289 e. The standard InChI is InChI=1S/C24H23N3O6/c1-15(28)17-11-20-21(32-14-31-20)12-18(17)25-23(29)13-26-6-8-27(9-7-26)24(30)22-10-16-4-2-3-5-19(16)33-22/h2-5,10-12H,6-9,13-14H2,1H3,(H,25,29). The average molecular weight is 449 g/mol. The molecule has 1 fully saturated rings. The van der Waals surface area contributed by atoms with Crippen molar-refractivity contribution in [2.24, 2.45) is 0 Å². The largest absolute Gasteiger partial charge is 0.454 e. The lowest BCUT2D eigenvalue weighted by molar-refractivity contribution is -0.117. The molecule has 0 radical (unpaired) electrons. The lowest BCUT2D eigenvalue weighted by atomic mass is 10.1. The molecule has 2 aromatic carbocycles. The predicted molar refractivity (Wildman–Crippen MR) is 120 cm³/mol. The number of carbonyl (C=O) groups excluding carboxylic acids is 3. The molecular weight excluding hydrogens is 426 g/mol. The molecule has 1 aromatic heterocycles. The summed E-state index contributed by atoms with van der Waals surface area (Å²) < 4.78 is 16.4. The van der Waals surface area contributed by atoms with Crippen LogP contribution in [0.1, 0.15) is 27.8 Å². The van der Waals surface area contributed by atoms with Crippen molar-refractivity contribution in [3.8, 4) is 11.5 Å². The maximum atomic E-state index is 12.8. The molecule has 3 heterocycles. The Morgan fingerprint density at radius 1 is 0.970 bits per heavy atom. The first-order valence-corrected chi connectivity index (χ1v) is 10.7. The van der Waals surface area contributed by atoms with Crippen LogP contribution < -0.4 is 14.8 Å². The fraction of sp³-hybridized carbons (Fsp3) is 0.292. The van der Waals surface area contributed by atoms with E-state index in [2.05, 4.69) is 5.32 Å². The highest BCUT2D eigenvalue weighted by molar-refractivity contribution is 6.05. The molecule has 3 aromatic rings. The summed E-state index contributed by atoms with van der Waals surface area (Å²) in [5, 5.41) is 3.70. The molecule has 9 nitrogen and oxygen atoms in total. The number of furan rings is 1. The molecule has 0 bridgehead atoms. The Morgan fingerprint density at radius 3 is 2.42 bits per heavy atom. The fourth-order valence-electron chi connectivity index (χ4n) is 4.08. The van der Waals surface area contributed by atoms with Crippen molar-refractivity contribution in [2.75, 3.05) is 44.8 Å².